The number of likely N-dealkylation sites (tertiary alicyclic amines) is 1. The number of hydrogen-bond acceptors (Lipinski definition) is 5. The number of hydrogen-bond donors (Lipinski definition) is 2. The van der Waals surface area contributed by atoms with Gasteiger partial charge in [-0.3, -0.25) is 15.1 Å². The van der Waals surface area contributed by atoms with Crippen LogP contribution in [0, 0.1) is 0 Å². The second kappa shape index (κ2) is 8.30. The highest BCUT2D eigenvalue weighted by Crippen LogP contribution is 2.32. The summed E-state index contributed by atoms with van der Waals surface area (Å²) in [5.41, 5.74) is 2.55. The van der Waals surface area contributed by atoms with Gasteiger partial charge in [-0.25, -0.2) is 4.98 Å². The van der Waals surface area contributed by atoms with Crippen LogP contribution >= 0.6 is 0 Å². The van der Waals surface area contributed by atoms with Crippen LogP contribution in [0.25, 0.3) is 0 Å². The van der Waals surface area contributed by atoms with Gasteiger partial charge in [0.2, 0.25) is 5.88 Å². The molecule has 1 aliphatic carbocycles. The molecule has 1 saturated heterocycles. The molecule has 2 N–H and O–H groups in total. The van der Waals surface area contributed by atoms with Gasteiger partial charge in [0.1, 0.15) is 5.84 Å². The highest BCUT2D eigenvalue weighted by Gasteiger charge is 2.46. The molecule has 3 heterocycles. The second-order valence-electron chi connectivity index (χ2n) is 8.70. The Morgan fingerprint density at radius 3 is 2.84 bits per heavy atom. The molecule has 7 heteroatoms. The molecule has 31 heavy (non-hydrogen) atoms. The van der Waals surface area contributed by atoms with Crippen molar-refractivity contribution in [2.24, 2.45) is 4.99 Å². The van der Waals surface area contributed by atoms with Gasteiger partial charge in [-0.2, -0.15) is 0 Å². The lowest BCUT2D eigenvalue weighted by Gasteiger charge is -2.31. The molecule has 1 unspecified atom stereocenters. The number of nitrogens with one attached hydrogen (secondary N) is 2. The van der Waals surface area contributed by atoms with E-state index >= 15 is 0 Å². The molecule has 1 aromatic carbocycles. The number of methoxy groups -OCH3 is 1. The first-order valence-electron chi connectivity index (χ1n) is 11.1. The molecule has 1 spiro atoms. The molecule has 1 saturated carbocycles. The Kier molecular flexibility index (Phi) is 5.36. The van der Waals surface area contributed by atoms with Crippen molar-refractivity contribution in [2.45, 2.75) is 50.2 Å². The number of ether oxygens (including phenoxy) is 1. The molecular formula is C24H29N5O2. The third-order valence-electron chi connectivity index (χ3n) is 6.73. The molecular weight excluding hydrogens is 390 g/mol. The monoisotopic (exact) mass is 419 g/mol. The van der Waals surface area contributed by atoms with Gasteiger partial charge in [0.05, 0.1) is 24.3 Å². The molecule has 1 amide bonds. The number of benzene rings is 1. The van der Waals surface area contributed by atoms with Crippen LogP contribution in [0.2, 0.25) is 0 Å². The first-order valence-corrected chi connectivity index (χ1v) is 11.1. The highest BCUT2D eigenvalue weighted by atomic mass is 16.5. The zero-order valence-electron chi connectivity index (χ0n) is 17.9. The molecule has 1 atom stereocenters. The van der Waals surface area contributed by atoms with Crippen LogP contribution in [0.15, 0.2) is 47.6 Å². The average Bonchev–Trinajstić information content (AvgIpc) is 3.45. The lowest BCUT2D eigenvalue weighted by atomic mass is 9.96. The Bertz CT molecular complexity index is 984. The summed E-state index contributed by atoms with van der Waals surface area (Å²) < 4.78 is 5.12. The van der Waals surface area contributed by atoms with Crippen molar-refractivity contribution in [1.29, 1.82) is 0 Å². The van der Waals surface area contributed by atoms with Gasteiger partial charge < -0.3 is 15.0 Å². The SMILES string of the molecule is COc1ccc(C(=O)N2CCC3(C2)NCc2ccccc2NC3=NC2CCCC2)cn1. The van der Waals surface area contributed by atoms with Gasteiger partial charge in [0, 0.05) is 37.6 Å². The zero-order valence-corrected chi connectivity index (χ0v) is 17.9. The highest BCUT2D eigenvalue weighted by molar-refractivity contribution is 6.05. The summed E-state index contributed by atoms with van der Waals surface area (Å²) in [6, 6.07) is 12.2. The van der Waals surface area contributed by atoms with Crippen LogP contribution in [-0.4, -0.2) is 53.4 Å². The molecule has 5 rings (SSSR count). The van der Waals surface area contributed by atoms with E-state index in [0.717, 1.165) is 37.3 Å². The molecule has 1 aromatic heterocycles. The lowest BCUT2D eigenvalue weighted by molar-refractivity contribution is 0.0785. The van der Waals surface area contributed by atoms with Crippen molar-refractivity contribution in [3.8, 4) is 5.88 Å². The lowest BCUT2D eigenvalue weighted by Crippen LogP contribution is -2.55. The van der Waals surface area contributed by atoms with E-state index in [1.54, 1.807) is 25.4 Å². The molecule has 0 bridgehead atoms. The molecule has 2 aliphatic heterocycles. The number of pyridine rings is 1. The number of amides is 1. The van der Waals surface area contributed by atoms with Crippen LogP contribution in [0.3, 0.4) is 0 Å². The Morgan fingerprint density at radius 2 is 2.06 bits per heavy atom. The number of nitrogens with zero attached hydrogens (tertiary/aromatic N) is 3. The van der Waals surface area contributed by atoms with Crippen molar-refractivity contribution < 1.29 is 9.53 Å². The molecule has 7 nitrogen and oxygen atoms in total. The molecule has 3 aliphatic rings. The van der Waals surface area contributed by atoms with Gasteiger partial charge >= 0.3 is 0 Å². The van der Waals surface area contributed by atoms with E-state index in [1.807, 2.05) is 4.90 Å². The van der Waals surface area contributed by atoms with E-state index in [1.165, 1.54) is 18.4 Å². The van der Waals surface area contributed by atoms with E-state index in [0.29, 0.717) is 30.6 Å². The number of amidine groups is 1. The van der Waals surface area contributed by atoms with Crippen LogP contribution in [0.1, 0.15) is 48.0 Å². The van der Waals surface area contributed by atoms with Crippen molar-refractivity contribution in [1.82, 2.24) is 15.2 Å². The quantitative estimate of drug-likeness (QED) is 0.799. The topological polar surface area (TPSA) is 78.9 Å². The first kappa shape index (κ1) is 20.0. The fourth-order valence-electron chi connectivity index (χ4n) is 4.89. The Morgan fingerprint density at radius 1 is 1.23 bits per heavy atom. The van der Waals surface area contributed by atoms with Crippen molar-refractivity contribution in [2.75, 3.05) is 25.5 Å². The van der Waals surface area contributed by atoms with Gasteiger partial charge in [0.25, 0.3) is 5.91 Å². The molecule has 0 radical (unpaired) electrons. The van der Waals surface area contributed by atoms with Gasteiger partial charge in [-0.05, 0) is 37.0 Å². The van der Waals surface area contributed by atoms with E-state index in [4.69, 9.17) is 9.73 Å². The number of carbonyl (C=O) groups excluding carboxylic acids is 1. The summed E-state index contributed by atoms with van der Waals surface area (Å²) in [5.74, 6) is 1.48. The Balaban J connectivity index is 1.42. The normalized spacial score (nSPS) is 24.8. The largest absolute Gasteiger partial charge is 0.481 e. The summed E-state index contributed by atoms with van der Waals surface area (Å²) in [6.45, 7) is 2.02. The van der Waals surface area contributed by atoms with E-state index in [-0.39, 0.29) is 11.4 Å². The number of para-hydroxylation sites is 1. The first-order chi connectivity index (χ1) is 15.2. The van der Waals surface area contributed by atoms with Crippen molar-refractivity contribution in [3.63, 3.8) is 0 Å². The minimum absolute atomic E-state index is 0.00388. The number of rotatable bonds is 3. The summed E-state index contributed by atoms with van der Waals surface area (Å²) in [5, 5.41) is 7.42. The van der Waals surface area contributed by atoms with Crippen molar-refractivity contribution in [3.05, 3.63) is 53.7 Å². The standard InChI is InChI=1S/C24H29N5O2/c1-31-21-11-10-18(14-25-21)22(30)29-13-12-24(16-29)23(27-19-7-3-4-8-19)28-20-9-5-2-6-17(20)15-26-24/h2,5-6,9-11,14,19,26H,3-4,7-8,12-13,15-16H2,1H3,(H,27,28). The number of aliphatic imine (C=N–C) groups is 1. The summed E-state index contributed by atoms with van der Waals surface area (Å²) in [6.07, 6.45) is 7.19. The molecule has 162 valence electrons. The zero-order chi connectivity index (χ0) is 21.3. The fourth-order valence-corrected chi connectivity index (χ4v) is 4.89. The summed E-state index contributed by atoms with van der Waals surface area (Å²) in [4.78, 5) is 24.5. The fraction of sp³-hybridized carbons (Fsp3) is 0.458. The minimum Gasteiger partial charge on any atom is -0.481 e. The molecule has 2 aromatic rings. The van der Waals surface area contributed by atoms with Crippen LogP contribution < -0.4 is 15.4 Å². The smallest absolute Gasteiger partial charge is 0.255 e. The summed E-state index contributed by atoms with van der Waals surface area (Å²) >= 11 is 0. The van der Waals surface area contributed by atoms with Crippen LogP contribution in [0.4, 0.5) is 5.69 Å². The van der Waals surface area contributed by atoms with Gasteiger partial charge in [0.15, 0.2) is 0 Å². The third-order valence-corrected chi connectivity index (χ3v) is 6.73. The molecule has 2 fully saturated rings. The Hall–Kier alpha value is -2.93. The number of fused-ring (bicyclic) bond motifs is 1. The number of aromatic nitrogens is 1. The predicted molar refractivity (Wildman–Crippen MR) is 121 cm³/mol. The third kappa shape index (κ3) is 3.90. The van der Waals surface area contributed by atoms with Crippen LogP contribution in [-0.2, 0) is 6.54 Å². The van der Waals surface area contributed by atoms with Crippen LogP contribution in [0.5, 0.6) is 5.88 Å². The maximum Gasteiger partial charge on any atom is 0.255 e. The second-order valence-corrected chi connectivity index (χ2v) is 8.70. The van der Waals surface area contributed by atoms with E-state index in [9.17, 15) is 4.79 Å². The van der Waals surface area contributed by atoms with Crippen molar-refractivity contribution >= 4 is 17.4 Å². The predicted octanol–water partition coefficient (Wildman–Crippen LogP) is 3.23. The van der Waals surface area contributed by atoms with Gasteiger partial charge in [-0.1, -0.05) is 31.0 Å². The van der Waals surface area contributed by atoms with Gasteiger partial charge in [-0.15, -0.1) is 0 Å². The van der Waals surface area contributed by atoms with E-state index < -0.39 is 0 Å². The Labute approximate surface area is 182 Å². The number of carbonyl (C=O) groups is 1. The summed E-state index contributed by atoms with van der Waals surface area (Å²) in [7, 11) is 1.57. The maximum absolute atomic E-state index is 13.2. The minimum atomic E-state index is -0.364. The van der Waals surface area contributed by atoms with E-state index in [2.05, 4.69) is 39.9 Å². The number of anilines is 1. The average molecular weight is 420 g/mol. The maximum atomic E-state index is 13.2.